The summed E-state index contributed by atoms with van der Waals surface area (Å²) in [4.78, 5) is 14.1. The minimum atomic E-state index is -0.613. The number of likely N-dealkylation sites (tertiary alicyclic amines) is 1. The van der Waals surface area contributed by atoms with Crippen LogP contribution in [0.1, 0.15) is 44.1 Å². The molecular weight excluding hydrogens is 292 g/mol. The van der Waals surface area contributed by atoms with Gasteiger partial charge in [-0.15, -0.1) is 0 Å². The van der Waals surface area contributed by atoms with Gasteiger partial charge in [-0.1, -0.05) is 6.92 Å². The van der Waals surface area contributed by atoms with Crippen LogP contribution in [0.25, 0.3) is 0 Å². The second kappa shape index (κ2) is 6.24. The largest absolute Gasteiger partial charge is 0.389 e. The molecule has 0 spiro atoms. The summed E-state index contributed by atoms with van der Waals surface area (Å²) in [6, 6.07) is 0. The van der Waals surface area contributed by atoms with E-state index in [-0.39, 0.29) is 17.7 Å². The number of hydrogen-bond donors (Lipinski definition) is 2. The molecule has 3 rings (SSSR count). The number of nitrogens with zero attached hydrogens (tertiary/aromatic N) is 3. The molecule has 3 N–H and O–H groups in total. The van der Waals surface area contributed by atoms with Crippen molar-refractivity contribution in [3.8, 4) is 0 Å². The lowest BCUT2D eigenvalue weighted by atomic mass is 9.79. The predicted molar refractivity (Wildman–Crippen MR) is 87.7 cm³/mol. The molecule has 0 radical (unpaired) electrons. The van der Waals surface area contributed by atoms with E-state index in [2.05, 4.69) is 16.9 Å². The average molecular weight is 320 g/mol. The predicted octanol–water partition coefficient (Wildman–Crippen LogP) is 0.862. The Bertz CT molecular complexity index is 563. The summed E-state index contributed by atoms with van der Waals surface area (Å²) in [6.45, 7) is 4.28. The molecule has 1 aromatic heterocycles. The van der Waals surface area contributed by atoms with Crippen LogP contribution >= 0.6 is 0 Å². The van der Waals surface area contributed by atoms with Gasteiger partial charge in [0.05, 0.1) is 17.7 Å². The lowest BCUT2D eigenvalue weighted by molar-refractivity contribution is -0.121. The highest BCUT2D eigenvalue weighted by molar-refractivity contribution is 5.78. The molecule has 1 saturated heterocycles. The van der Waals surface area contributed by atoms with Crippen LogP contribution in [-0.4, -0.2) is 50.9 Å². The van der Waals surface area contributed by atoms with E-state index in [9.17, 15) is 9.90 Å². The van der Waals surface area contributed by atoms with Crippen LogP contribution in [0, 0.1) is 11.8 Å². The first-order valence-electron chi connectivity index (χ1n) is 8.59. The molecule has 128 valence electrons. The lowest BCUT2D eigenvalue weighted by Crippen LogP contribution is -2.45. The van der Waals surface area contributed by atoms with E-state index in [1.807, 2.05) is 19.4 Å². The van der Waals surface area contributed by atoms with Crippen molar-refractivity contribution in [1.29, 1.82) is 0 Å². The van der Waals surface area contributed by atoms with E-state index >= 15 is 0 Å². The second-order valence-electron chi connectivity index (χ2n) is 7.66. The van der Waals surface area contributed by atoms with Gasteiger partial charge in [-0.3, -0.25) is 14.4 Å². The number of aryl methyl sites for hydroxylation is 1. The van der Waals surface area contributed by atoms with Gasteiger partial charge in [0, 0.05) is 38.8 Å². The summed E-state index contributed by atoms with van der Waals surface area (Å²) in [5, 5.41) is 15.1. The first-order chi connectivity index (χ1) is 10.9. The summed E-state index contributed by atoms with van der Waals surface area (Å²) in [5.41, 5.74) is 6.07. The maximum absolute atomic E-state index is 11.9. The van der Waals surface area contributed by atoms with Crippen molar-refractivity contribution in [2.75, 3.05) is 19.6 Å². The zero-order valence-corrected chi connectivity index (χ0v) is 14.1. The molecule has 2 atom stereocenters. The molecule has 1 aromatic rings. The van der Waals surface area contributed by atoms with Gasteiger partial charge in [-0.2, -0.15) is 5.10 Å². The molecular formula is C17H28N4O2. The monoisotopic (exact) mass is 320 g/mol. The van der Waals surface area contributed by atoms with Gasteiger partial charge in [0.2, 0.25) is 5.91 Å². The van der Waals surface area contributed by atoms with E-state index in [0.717, 1.165) is 37.8 Å². The summed E-state index contributed by atoms with van der Waals surface area (Å²) >= 11 is 0. The van der Waals surface area contributed by atoms with E-state index in [4.69, 9.17) is 5.73 Å². The first kappa shape index (κ1) is 16.5. The first-order valence-corrected chi connectivity index (χ1v) is 8.59. The van der Waals surface area contributed by atoms with Crippen LogP contribution in [0.3, 0.4) is 0 Å². The zero-order valence-electron chi connectivity index (χ0n) is 14.1. The summed E-state index contributed by atoms with van der Waals surface area (Å²) < 4.78 is 1.76. The third-order valence-electron chi connectivity index (χ3n) is 5.64. The van der Waals surface area contributed by atoms with E-state index in [0.29, 0.717) is 19.0 Å². The molecule has 1 aliphatic carbocycles. The average Bonchev–Trinajstić information content (AvgIpc) is 3.09. The van der Waals surface area contributed by atoms with Gasteiger partial charge in [0.25, 0.3) is 0 Å². The van der Waals surface area contributed by atoms with E-state index in [1.54, 1.807) is 4.68 Å². The fraction of sp³-hybridized carbons (Fsp3) is 0.765. The third kappa shape index (κ3) is 3.58. The van der Waals surface area contributed by atoms with Gasteiger partial charge in [-0.05, 0) is 37.2 Å². The van der Waals surface area contributed by atoms with Crippen molar-refractivity contribution >= 4 is 5.91 Å². The number of β-amino-alcohol motifs (C(OH)–C–C–N with tert-alkyl or cyclic N) is 1. The summed E-state index contributed by atoms with van der Waals surface area (Å²) in [6.07, 6.45) is 7.64. The Morgan fingerprint density at radius 1 is 1.43 bits per heavy atom. The van der Waals surface area contributed by atoms with Gasteiger partial charge in [0.1, 0.15) is 0 Å². The number of carbonyl (C=O) groups excluding carboxylic acids is 1. The summed E-state index contributed by atoms with van der Waals surface area (Å²) in [5.74, 6) is 0.318. The molecule has 6 nitrogen and oxygen atoms in total. The molecule has 1 aliphatic heterocycles. The quantitative estimate of drug-likeness (QED) is 0.862. The smallest absolute Gasteiger partial charge is 0.222 e. The molecule has 6 heteroatoms. The number of aliphatic hydroxyl groups is 1. The van der Waals surface area contributed by atoms with E-state index in [1.165, 1.54) is 0 Å². The highest BCUT2D eigenvalue weighted by Crippen LogP contribution is 2.37. The Kier molecular flexibility index (Phi) is 4.47. The van der Waals surface area contributed by atoms with Crippen molar-refractivity contribution in [1.82, 2.24) is 14.7 Å². The van der Waals surface area contributed by atoms with Gasteiger partial charge >= 0.3 is 0 Å². The number of carbonyl (C=O) groups is 1. The van der Waals surface area contributed by atoms with Crippen LogP contribution in [0.15, 0.2) is 12.4 Å². The highest BCUT2D eigenvalue weighted by atomic mass is 16.3. The molecule has 23 heavy (non-hydrogen) atoms. The maximum atomic E-state index is 11.9. The zero-order chi connectivity index (χ0) is 16.6. The minimum absolute atomic E-state index is 0.0762. The van der Waals surface area contributed by atoms with Crippen LogP contribution < -0.4 is 5.73 Å². The highest BCUT2D eigenvalue weighted by Gasteiger charge is 2.41. The van der Waals surface area contributed by atoms with Crippen molar-refractivity contribution in [2.45, 2.75) is 44.1 Å². The molecule has 0 unspecified atom stereocenters. The van der Waals surface area contributed by atoms with Gasteiger partial charge in [-0.25, -0.2) is 0 Å². The Balaban J connectivity index is 1.69. The van der Waals surface area contributed by atoms with Crippen molar-refractivity contribution in [3.05, 3.63) is 18.0 Å². The van der Waals surface area contributed by atoms with Crippen molar-refractivity contribution in [2.24, 2.45) is 24.6 Å². The van der Waals surface area contributed by atoms with Crippen LogP contribution in [-0.2, 0) is 11.8 Å². The Morgan fingerprint density at radius 2 is 2.13 bits per heavy atom. The van der Waals surface area contributed by atoms with Crippen LogP contribution in [0.2, 0.25) is 0 Å². The van der Waals surface area contributed by atoms with E-state index < -0.39 is 5.60 Å². The van der Waals surface area contributed by atoms with Crippen molar-refractivity contribution < 1.29 is 9.90 Å². The number of nitrogens with two attached hydrogens (primary N) is 1. The fourth-order valence-electron chi connectivity index (χ4n) is 4.15. The Hall–Kier alpha value is -1.40. The van der Waals surface area contributed by atoms with Crippen molar-refractivity contribution in [3.63, 3.8) is 0 Å². The minimum Gasteiger partial charge on any atom is -0.389 e. The van der Waals surface area contributed by atoms with Crippen LogP contribution in [0.5, 0.6) is 0 Å². The fourth-order valence-corrected chi connectivity index (χ4v) is 4.15. The Morgan fingerprint density at radius 3 is 2.70 bits per heavy atom. The summed E-state index contributed by atoms with van der Waals surface area (Å²) in [7, 11) is 1.88. The van der Waals surface area contributed by atoms with Crippen LogP contribution in [0.4, 0.5) is 0 Å². The number of rotatable bonds is 4. The molecule has 1 saturated carbocycles. The topological polar surface area (TPSA) is 84.4 Å². The number of hydrogen-bond acceptors (Lipinski definition) is 4. The SMILES string of the molecule is CC1CCC(O)(CN2C[C@H](C(N)=O)[C@@H](c3cnn(C)c3)C2)CC1. The number of aromatic nitrogens is 2. The number of amides is 1. The molecule has 1 amide bonds. The third-order valence-corrected chi connectivity index (χ3v) is 5.64. The van der Waals surface area contributed by atoms with Gasteiger partial charge in [0.15, 0.2) is 0 Å². The van der Waals surface area contributed by atoms with Gasteiger partial charge < -0.3 is 10.8 Å². The Labute approximate surface area is 137 Å². The standard InChI is InChI=1S/C17H28N4O2/c1-12-3-5-17(23,6-4-12)11-21-9-14(15(10-21)16(18)22)13-7-19-20(2)8-13/h7-8,12,14-15,23H,3-6,9-11H2,1-2H3,(H2,18,22)/t12?,14-,15+,17?/m1/s1. The molecule has 2 fully saturated rings. The number of primary amides is 1. The molecule has 2 heterocycles. The molecule has 0 bridgehead atoms. The molecule has 2 aliphatic rings. The second-order valence-corrected chi connectivity index (χ2v) is 7.66. The maximum Gasteiger partial charge on any atom is 0.222 e. The molecule has 0 aromatic carbocycles. The normalized spacial score (nSPS) is 35.5. The lowest BCUT2D eigenvalue weighted by Gasteiger charge is -2.37.